The SMILES string of the molecule is CNCCCc1ccc(S(=O)(=O)NCC2CCCS2)cc1. The van der Waals surface area contributed by atoms with Crippen molar-refractivity contribution in [3.8, 4) is 0 Å². The first kappa shape index (κ1) is 16.8. The van der Waals surface area contributed by atoms with Crippen molar-refractivity contribution in [1.29, 1.82) is 0 Å². The second-order valence-electron chi connectivity index (χ2n) is 5.34. The smallest absolute Gasteiger partial charge is 0.240 e. The van der Waals surface area contributed by atoms with E-state index in [0.717, 1.165) is 31.6 Å². The molecule has 1 unspecified atom stereocenters. The fourth-order valence-corrected chi connectivity index (χ4v) is 4.78. The first-order valence-electron chi connectivity index (χ1n) is 7.46. The highest BCUT2D eigenvalue weighted by molar-refractivity contribution is 8.00. The molecule has 0 spiro atoms. The highest BCUT2D eigenvalue weighted by atomic mass is 32.2. The van der Waals surface area contributed by atoms with Crippen LogP contribution in [0.15, 0.2) is 29.2 Å². The van der Waals surface area contributed by atoms with Crippen LogP contribution in [0.1, 0.15) is 24.8 Å². The Hall–Kier alpha value is -0.560. The number of hydrogen-bond donors (Lipinski definition) is 2. The minimum atomic E-state index is -3.37. The number of nitrogens with one attached hydrogen (secondary N) is 2. The summed E-state index contributed by atoms with van der Waals surface area (Å²) in [6.07, 6.45) is 4.32. The quantitative estimate of drug-likeness (QED) is 0.717. The van der Waals surface area contributed by atoms with Gasteiger partial charge in [-0.25, -0.2) is 13.1 Å². The summed E-state index contributed by atoms with van der Waals surface area (Å²) < 4.78 is 27.2. The molecule has 0 bridgehead atoms. The minimum absolute atomic E-state index is 0.364. The number of hydrogen-bond acceptors (Lipinski definition) is 4. The van der Waals surface area contributed by atoms with Crippen LogP contribution in [0.2, 0.25) is 0 Å². The van der Waals surface area contributed by atoms with Gasteiger partial charge in [0.1, 0.15) is 0 Å². The molecular formula is C15H24N2O2S2. The van der Waals surface area contributed by atoms with Crippen LogP contribution in [0.5, 0.6) is 0 Å². The fourth-order valence-electron chi connectivity index (χ4n) is 2.40. The molecule has 1 aliphatic rings. The molecule has 0 radical (unpaired) electrons. The lowest BCUT2D eigenvalue weighted by Gasteiger charge is -2.11. The molecule has 1 fully saturated rings. The fraction of sp³-hybridized carbons (Fsp3) is 0.600. The molecule has 2 N–H and O–H groups in total. The second-order valence-corrected chi connectivity index (χ2v) is 8.51. The van der Waals surface area contributed by atoms with Gasteiger partial charge in [0, 0.05) is 11.8 Å². The molecule has 2 rings (SSSR count). The Morgan fingerprint density at radius 2 is 2.05 bits per heavy atom. The van der Waals surface area contributed by atoms with Gasteiger partial charge < -0.3 is 5.32 Å². The van der Waals surface area contributed by atoms with Crippen LogP contribution in [-0.4, -0.2) is 39.6 Å². The van der Waals surface area contributed by atoms with E-state index in [-0.39, 0.29) is 0 Å². The lowest BCUT2D eigenvalue weighted by atomic mass is 10.1. The molecule has 6 heteroatoms. The third-order valence-electron chi connectivity index (χ3n) is 3.65. The van der Waals surface area contributed by atoms with Crippen molar-refractivity contribution in [2.24, 2.45) is 0 Å². The summed E-state index contributed by atoms with van der Waals surface area (Å²) >= 11 is 1.86. The monoisotopic (exact) mass is 328 g/mol. The van der Waals surface area contributed by atoms with Crippen LogP contribution >= 0.6 is 11.8 Å². The average Bonchev–Trinajstić information content (AvgIpc) is 3.00. The molecule has 1 atom stereocenters. The molecular weight excluding hydrogens is 304 g/mol. The van der Waals surface area contributed by atoms with Gasteiger partial charge in [0.15, 0.2) is 0 Å². The molecule has 0 saturated carbocycles. The molecule has 1 saturated heterocycles. The van der Waals surface area contributed by atoms with E-state index in [1.54, 1.807) is 12.1 Å². The predicted molar refractivity (Wildman–Crippen MR) is 89.4 cm³/mol. The molecule has 4 nitrogen and oxygen atoms in total. The summed E-state index contributed by atoms with van der Waals surface area (Å²) in [6, 6.07) is 7.24. The number of aryl methyl sites for hydroxylation is 1. The van der Waals surface area contributed by atoms with Crippen molar-refractivity contribution in [2.75, 3.05) is 25.9 Å². The van der Waals surface area contributed by atoms with Gasteiger partial charge in [0.25, 0.3) is 0 Å². The molecule has 1 aromatic rings. The maximum Gasteiger partial charge on any atom is 0.240 e. The number of benzene rings is 1. The Morgan fingerprint density at radius 1 is 1.29 bits per heavy atom. The van der Waals surface area contributed by atoms with Crippen LogP contribution in [-0.2, 0) is 16.4 Å². The zero-order chi connectivity index (χ0) is 15.1. The maximum absolute atomic E-state index is 12.2. The Balaban J connectivity index is 1.89. The van der Waals surface area contributed by atoms with E-state index in [2.05, 4.69) is 10.0 Å². The summed E-state index contributed by atoms with van der Waals surface area (Å²) in [5.74, 6) is 1.15. The molecule has 0 amide bonds. The third kappa shape index (κ3) is 5.29. The number of sulfonamides is 1. The minimum Gasteiger partial charge on any atom is -0.320 e. The van der Waals surface area contributed by atoms with E-state index >= 15 is 0 Å². The summed E-state index contributed by atoms with van der Waals surface area (Å²) in [7, 11) is -1.43. The van der Waals surface area contributed by atoms with Crippen molar-refractivity contribution >= 4 is 21.8 Å². The zero-order valence-electron chi connectivity index (χ0n) is 12.5. The van der Waals surface area contributed by atoms with Crippen LogP contribution in [0, 0.1) is 0 Å². The highest BCUT2D eigenvalue weighted by Gasteiger charge is 2.19. The van der Waals surface area contributed by atoms with E-state index in [9.17, 15) is 8.42 Å². The van der Waals surface area contributed by atoms with Gasteiger partial charge in [-0.2, -0.15) is 11.8 Å². The van der Waals surface area contributed by atoms with E-state index < -0.39 is 10.0 Å². The van der Waals surface area contributed by atoms with Gasteiger partial charge in [0.2, 0.25) is 10.0 Å². The van der Waals surface area contributed by atoms with Gasteiger partial charge in [-0.15, -0.1) is 0 Å². The predicted octanol–water partition coefficient (Wildman–Crippen LogP) is 2.01. The van der Waals surface area contributed by atoms with Crippen LogP contribution in [0.25, 0.3) is 0 Å². The summed E-state index contributed by atoms with van der Waals surface area (Å²) in [5.41, 5.74) is 1.18. The van der Waals surface area contributed by atoms with Gasteiger partial charge in [0.05, 0.1) is 4.90 Å². The molecule has 0 aromatic heterocycles. The molecule has 0 aliphatic carbocycles. The second kappa shape index (κ2) is 8.17. The van der Waals surface area contributed by atoms with Crippen LogP contribution in [0.3, 0.4) is 0 Å². The van der Waals surface area contributed by atoms with Crippen LogP contribution < -0.4 is 10.0 Å². The van der Waals surface area contributed by atoms with Crippen molar-refractivity contribution < 1.29 is 8.42 Å². The van der Waals surface area contributed by atoms with Gasteiger partial charge >= 0.3 is 0 Å². The van der Waals surface area contributed by atoms with Gasteiger partial charge in [-0.05, 0) is 62.7 Å². The Labute approximate surface area is 132 Å². The van der Waals surface area contributed by atoms with E-state index in [1.807, 2.05) is 30.9 Å². The van der Waals surface area contributed by atoms with E-state index in [4.69, 9.17) is 0 Å². The lowest BCUT2D eigenvalue weighted by molar-refractivity contribution is 0.579. The van der Waals surface area contributed by atoms with Crippen LogP contribution in [0.4, 0.5) is 0 Å². The molecule has 1 heterocycles. The van der Waals surface area contributed by atoms with Crippen molar-refractivity contribution in [3.05, 3.63) is 29.8 Å². The van der Waals surface area contributed by atoms with Crippen molar-refractivity contribution in [1.82, 2.24) is 10.0 Å². The van der Waals surface area contributed by atoms with E-state index in [1.165, 1.54) is 12.0 Å². The molecule has 118 valence electrons. The van der Waals surface area contributed by atoms with E-state index in [0.29, 0.717) is 16.7 Å². The maximum atomic E-state index is 12.2. The molecule has 1 aliphatic heterocycles. The molecule has 21 heavy (non-hydrogen) atoms. The Kier molecular flexibility index (Phi) is 6.54. The van der Waals surface area contributed by atoms with Crippen molar-refractivity contribution in [3.63, 3.8) is 0 Å². The zero-order valence-corrected chi connectivity index (χ0v) is 14.1. The highest BCUT2D eigenvalue weighted by Crippen LogP contribution is 2.25. The first-order valence-corrected chi connectivity index (χ1v) is 10.00. The standard InChI is InChI=1S/C15H24N2O2S2/c1-16-10-2-4-13-6-8-15(9-7-13)21(18,19)17-12-14-5-3-11-20-14/h6-9,14,16-17H,2-5,10-12H2,1H3. The Morgan fingerprint density at radius 3 is 2.67 bits per heavy atom. The average molecular weight is 329 g/mol. The van der Waals surface area contributed by atoms with Gasteiger partial charge in [-0.1, -0.05) is 12.1 Å². The largest absolute Gasteiger partial charge is 0.320 e. The lowest BCUT2D eigenvalue weighted by Crippen LogP contribution is -2.29. The Bertz CT molecular complexity index is 523. The molecule has 1 aromatic carbocycles. The van der Waals surface area contributed by atoms with Gasteiger partial charge in [-0.3, -0.25) is 0 Å². The third-order valence-corrected chi connectivity index (χ3v) is 6.49. The summed E-state index contributed by atoms with van der Waals surface area (Å²) in [4.78, 5) is 0.364. The first-order chi connectivity index (χ1) is 10.1. The van der Waals surface area contributed by atoms with Crippen molar-refractivity contribution in [2.45, 2.75) is 35.8 Å². The summed E-state index contributed by atoms with van der Waals surface area (Å²) in [5, 5.41) is 3.54. The number of thioether (sulfide) groups is 1. The number of rotatable bonds is 8. The normalized spacial score (nSPS) is 19.0. The summed E-state index contributed by atoms with van der Waals surface area (Å²) in [6.45, 7) is 1.51. The topological polar surface area (TPSA) is 58.2 Å².